The van der Waals surface area contributed by atoms with Gasteiger partial charge in [-0.15, -0.1) is 0 Å². The molecule has 3 rings (SSSR count). The van der Waals surface area contributed by atoms with Crippen molar-refractivity contribution in [1.82, 2.24) is 9.80 Å². The number of fused-ring (bicyclic) bond motifs is 1. The van der Waals surface area contributed by atoms with Crippen molar-refractivity contribution in [2.24, 2.45) is 0 Å². The van der Waals surface area contributed by atoms with Crippen LogP contribution in [0, 0.1) is 0 Å². The highest BCUT2D eigenvalue weighted by atomic mass is 16.3. The van der Waals surface area contributed by atoms with Crippen LogP contribution in [-0.4, -0.2) is 53.0 Å². The van der Waals surface area contributed by atoms with E-state index in [1.165, 1.54) is 25.8 Å². The molecule has 4 heteroatoms. The van der Waals surface area contributed by atoms with Crippen LogP contribution in [0.3, 0.4) is 0 Å². The van der Waals surface area contributed by atoms with E-state index in [0.29, 0.717) is 11.6 Å². The summed E-state index contributed by atoms with van der Waals surface area (Å²) >= 11 is 0. The van der Waals surface area contributed by atoms with Crippen LogP contribution in [0.5, 0.6) is 5.75 Å². The minimum atomic E-state index is -0.0386. The number of rotatable bonds is 1. The van der Waals surface area contributed by atoms with E-state index in [1.54, 1.807) is 24.3 Å². The first-order chi connectivity index (χ1) is 9.25. The van der Waals surface area contributed by atoms with Gasteiger partial charge in [-0.25, -0.2) is 0 Å². The molecule has 0 aliphatic carbocycles. The first-order valence-corrected chi connectivity index (χ1v) is 7.07. The summed E-state index contributed by atoms with van der Waals surface area (Å²) < 4.78 is 0. The number of benzene rings is 1. The molecular formula is C15H20N2O2. The van der Waals surface area contributed by atoms with Crippen LogP contribution >= 0.6 is 0 Å². The molecule has 0 bridgehead atoms. The zero-order valence-electron chi connectivity index (χ0n) is 11.1. The van der Waals surface area contributed by atoms with Crippen molar-refractivity contribution >= 4 is 5.91 Å². The van der Waals surface area contributed by atoms with E-state index in [1.807, 2.05) is 4.90 Å². The molecule has 2 aliphatic heterocycles. The maximum atomic E-state index is 12.4. The molecule has 1 unspecified atom stereocenters. The van der Waals surface area contributed by atoms with E-state index in [0.717, 1.165) is 19.6 Å². The van der Waals surface area contributed by atoms with Gasteiger partial charge in [0.1, 0.15) is 5.75 Å². The second-order valence-electron chi connectivity index (χ2n) is 5.45. The van der Waals surface area contributed by atoms with Gasteiger partial charge in [0.2, 0.25) is 0 Å². The third kappa shape index (κ3) is 2.45. The summed E-state index contributed by atoms with van der Waals surface area (Å²) in [5.41, 5.74) is 0.423. The molecule has 1 atom stereocenters. The second-order valence-corrected chi connectivity index (χ2v) is 5.45. The number of phenols is 1. The van der Waals surface area contributed by atoms with Gasteiger partial charge in [-0.1, -0.05) is 18.6 Å². The quantitative estimate of drug-likeness (QED) is 0.836. The molecule has 1 aromatic carbocycles. The predicted octanol–water partition coefficient (Wildman–Crippen LogP) is 1.70. The summed E-state index contributed by atoms with van der Waals surface area (Å²) in [6.07, 6.45) is 3.73. The van der Waals surface area contributed by atoms with E-state index >= 15 is 0 Å². The first-order valence-electron chi connectivity index (χ1n) is 7.07. The number of aromatic hydroxyl groups is 1. The maximum Gasteiger partial charge on any atom is 0.257 e. The summed E-state index contributed by atoms with van der Waals surface area (Å²) in [6.45, 7) is 3.70. The number of piperazine rings is 1. The smallest absolute Gasteiger partial charge is 0.257 e. The summed E-state index contributed by atoms with van der Waals surface area (Å²) in [5, 5.41) is 9.79. The average Bonchev–Trinajstić information content (AvgIpc) is 2.46. The number of piperidine rings is 1. The van der Waals surface area contributed by atoms with Crippen LogP contribution in [0.25, 0.3) is 0 Å². The molecule has 0 aromatic heterocycles. The highest BCUT2D eigenvalue weighted by Crippen LogP contribution is 2.24. The van der Waals surface area contributed by atoms with E-state index in [-0.39, 0.29) is 11.7 Å². The van der Waals surface area contributed by atoms with Gasteiger partial charge in [0.25, 0.3) is 5.91 Å². The Bertz CT molecular complexity index is 475. The molecule has 0 spiro atoms. The van der Waals surface area contributed by atoms with Gasteiger partial charge in [0, 0.05) is 25.7 Å². The van der Waals surface area contributed by atoms with Crippen molar-refractivity contribution in [2.75, 3.05) is 26.2 Å². The van der Waals surface area contributed by atoms with Crippen molar-refractivity contribution in [1.29, 1.82) is 0 Å². The molecule has 2 aliphatic rings. The van der Waals surface area contributed by atoms with Crippen LogP contribution in [0.4, 0.5) is 0 Å². The van der Waals surface area contributed by atoms with E-state index in [2.05, 4.69) is 4.90 Å². The van der Waals surface area contributed by atoms with E-state index in [4.69, 9.17) is 0 Å². The van der Waals surface area contributed by atoms with Gasteiger partial charge in [-0.2, -0.15) is 0 Å². The fourth-order valence-electron chi connectivity index (χ4n) is 3.17. The number of hydrogen-bond donors (Lipinski definition) is 1. The van der Waals surface area contributed by atoms with Crippen molar-refractivity contribution in [3.63, 3.8) is 0 Å². The molecule has 1 aromatic rings. The second kappa shape index (κ2) is 5.21. The molecule has 2 fully saturated rings. The van der Waals surface area contributed by atoms with Crippen molar-refractivity contribution in [2.45, 2.75) is 25.3 Å². The fraction of sp³-hybridized carbons (Fsp3) is 0.533. The molecular weight excluding hydrogens is 240 g/mol. The Kier molecular flexibility index (Phi) is 3.42. The summed E-state index contributed by atoms with van der Waals surface area (Å²) in [4.78, 5) is 16.8. The van der Waals surface area contributed by atoms with Gasteiger partial charge in [0.15, 0.2) is 0 Å². The number of nitrogens with zero attached hydrogens (tertiary/aromatic N) is 2. The zero-order chi connectivity index (χ0) is 13.2. The summed E-state index contributed by atoms with van der Waals surface area (Å²) in [5.74, 6) is 0.0434. The summed E-state index contributed by atoms with van der Waals surface area (Å²) in [7, 11) is 0. The van der Waals surface area contributed by atoms with Gasteiger partial charge in [-0.05, 0) is 31.5 Å². The molecule has 0 radical (unpaired) electrons. The Morgan fingerprint density at radius 1 is 1.16 bits per heavy atom. The standard InChI is InChI=1S/C15H20N2O2/c18-14-7-2-1-6-13(14)15(19)17-10-9-16-8-4-3-5-12(16)11-17/h1-2,6-7,12,18H,3-5,8-11H2. The Labute approximate surface area is 113 Å². The Morgan fingerprint density at radius 2 is 2.00 bits per heavy atom. The van der Waals surface area contributed by atoms with Gasteiger partial charge >= 0.3 is 0 Å². The van der Waals surface area contributed by atoms with Crippen LogP contribution in [-0.2, 0) is 0 Å². The van der Waals surface area contributed by atoms with Crippen LogP contribution < -0.4 is 0 Å². The number of para-hydroxylation sites is 1. The average molecular weight is 260 g/mol. The zero-order valence-corrected chi connectivity index (χ0v) is 11.1. The Hall–Kier alpha value is -1.55. The van der Waals surface area contributed by atoms with Crippen molar-refractivity contribution < 1.29 is 9.90 Å². The van der Waals surface area contributed by atoms with Gasteiger partial charge in [-0.3, -0.25) is 9.69 Å². The van der Waals surface area contributed by atoms with E-state index < -0.39 is 0 Å². The molecule has 2 saturated heterocycles. The van der Waals surface area contributed by atoms with Crippen molar-refractivity contribution in [3.8, 4) is 5.75 Å². The van der Waals surface area contributed by atoms with Crippen LogP contribution in [0.2, 0.25) is 0 Å². The minimum Gasteiger partial charge on any atom is -0.507 e. The number of carbonyl (C=O) groups excluding carboxylic acids is 1. The highest BCUT2D eigenvalue weighted by Gasteiger charge is 2.31. The Morgan fingerprint density at radius 3 is 2.84 bits per heavy atom. The Balaban J connectivity index is 1.73. The van der Waals surface area contributed by atoms with Gasteiger partial charge < -0.3 is 10.0 Å². The predicted molar refractivity (Wildman–Crippen MR) is 73.2 cm³/mol. The monoisotopic (exact) mass is 260 g/mol. The summed E-state index contributed by atoms with van der Waals surface area (Å²) in [6, 6.07) is 7.32. The molecule has 1 amide bonds. The number of amides is 1. The molecule has 0 saturated carbocycles. The lowest BCUT2D eigenvalue weighted by atomic mass is 9.99. The number of carbonyl (C=O) groups is 1. The topological polar surface area (TPSA) is 43.8 Å². The molecule has 102 valence electrons. The molecule has 1 N–H and O–H groups in total. The SMILES string of the molecule is O=C(c1ccccc1O)N1CCN2CCCCC2C1. The maximum absolute atomic E-state index is 12.4. The fourth-order valence-corrected chi connectivity index (χ4v) is 3.17. The molecule has 2 heterocycles. The lowest BCUT2D eigenvalue weighted by Gasteiger charge is -2.44. The third-order valence-corrected chi connectivity index (χ3v) is 4.26. The minimum absolute atomic E-state index is 0.0386. The molecule has 4 nitrogen and oxygen atoms in total. The lowest BCUT2D eigenvalue weighted by Crippen LogP contribution is -2.56. The number of hydrogen-bond acceptors (Lipinski definition) is 3. The van der Waals surface area contributed by atoms with Gasteiger partial charge in [0.05, 0.1) is 5.56 Å². The van der Waals surface area contributed by atoms with Crippen LogP contribution in [0.15, 0.2) is 24.3 Å². The third-order valence-electron chi connectivity index (χ3n) is 4.26. The number of phenolic OH excluding ortho intramolecular Hbond substituents is 1. The van der Waals surface area contributed by atoms with E-state index in [9.17, 15) is 9.90 Å². The first kappa shape index (κ1) is 12.5. The molecule has 19 heavy (non-hydrogen) atoms. The van der Waals surface area contributed by atoms with Crippen LogP contribution in [0.1, 0.15) is 29.6 Å². The normalized spacial score (nSPS) is 24.0. The van der Waals surface area contributed by atoms with Crippen molar-refractivity contribution in [3.05, 3.63) is 29.8 Å². The lowest BCUT2D eigenvalue weighted by molar-refractivity contribution is 0.0370. The highest BCUT2D eigenvalue weighted by molar-refractivity contribution is 5.96. The largest absolute Gasteiger partial charge is 0.507 e.